The molecule has 2 aromatic rings. The van der Waals surface area contributed by atoms with E-state index in [1.54, 1.807) is 21.5 Å². The molecule has 72 valence electrons. The molecule has 6 heteroatoms. The third-order valence-electron chi connectivity index (χ3n) is 1.65. The maximum Gasteiger partial charge on any atom is 0.195 e. The van der Waals surface area contributed by atoms with Gasteiger partial charge in [-0.2, -0.15) is 10.2 Å². The van der Waals surface area contributed by atoms with Gasteiger partial charge in [-0.15, -0.1) is 10.2 Å². The molecule has 0 radical (unpaired) electrons. The molecule has 0 bridgehead atoms. The first-order valence-corrected chi connectivity index (χ1v) is 4.15. The molecular formula is C8H10N6. The van der Waals surface area contributed by atoms with Gasteiger partial charge in [0, 0.05) is 38.6 Å². The van der Waals surface area contributed by atoms with Gasteiger partial charge in [0.2, 0.25) is 0 Å². The molecule has 2 rings (SSSR count). The van der Waals surface area contributed by atoms with Crippen molar-refractivity contribution in [2.75, 3.05) is 0 Å². The first kappa shape index (κ1) is 8.61. The lowest BCUT2D eigenvalue weighted by atomic mass is 10.6. The molecule has 0 fully saturated rings. The van der Waals surface area contributed by atoms with E-state index >= 15 is 0 Å². The lowest BCUT2D eigenvalue weighted by Crippen LogP contribution is -1.85. The lowest BCUT2D eigenvalue weighted by Gasteiger charge is -1.84. The van der Waals surface area contributed by atoms with Crippen LogP contribution in [0.1, 0.15) is 0 Å². The Kier molecular flexibility index (Phi) is 2.10. The van der Waals surface area contributed by atoms with Crippen molar-refractivity contribution in [1.29, 1.82) is 0 Å². The van der Waals surface area contributed by atoms with E-state index in [1.165, 1.54) is 0 Å². The van der Waals surface area contributed by atoms with Gasteiger partial charge in [-0.05, 0) is 0 Å². The minimum Gasteiger partial charge on any atom is -0.274 e. The number of rotatable bonds is 2. The van der Waals surface area contributed by atoms with E-state index in [0.717, 1.165) is 0 Å². The van der Waals surface area contributed by atoms with Crippen LogP contribution >= 0.6 is 0 Å². The highest BCUT2D eigenvalue weighted by Gasteiger charge is 1.95. The minimum absolute atomic E-state index is 0.582. The smallest absolute Gasteiger partial charge is 0.195 e. The largest absolute Gasteiger partial charge is 0.274 e. The monoisotopic (exact) mass is 190 g/mol. The third kappa shape index (κ3) is 1.85. The topological polar surface area (TPSA) is 60.4 Å². The Morgan fingerprint density at radius 3 is 1.64 bits per heavy atom. The summed E-state index contributed by atoms with van der Waals surface area (Å²) in [5, 5.41) is 16.0. The van der Waals surface area contributed by atoms with Gasteiger partial charge in [0.1, 0.15) is 0 Å². The van der Waals surface area contributed by atoms with E-state index in [2.05, 4.69) is 20.4 Å². The van der Waals surface area contributed by atoms with Crippen molar-refractivity contribution >= 4 is 11.6 Å². The molecular weight excluding hydrogens is 180 g/mol. The molecule has 6 nitrogen and oxygen atoms in total. The zero-order valence-corrected chi connectivity index (χ0v) is 7.99. The van der Waals surface area contributed by atoms with Gasteiger partial charge in [-0.25, -0.2) is 0 Å². The minimum atomic E-state index is 0.582. The average molecular weight is 190 g/mol. The predicted molar refractivity (Wildman–Crippen MR) is 50.6 cm³/mol. The molecule has 0 aliphatic heterocycles. The normalized spacial score (nSPS) is 11.3. The molecule has 14 heavy (non-hydrogen) atoms. The summed E-state index contributed by atoms with van der Waals surface area (Å²) >= 11 is 0. The molecule has 0 amide bonds. The van der Waals surface area contributed by atoms with E-state index in [4.69, 9.17) is 0 Å². The zero-order valence-electron chi connectivity index (χ0n) is 7.99. The van der Waals surface area contributed by atoms with Crippen molar-refractivity contribution in [1.82, 2.24) is 19.6 Å². The Morgan fingerprint density at radius 2 is 1.36 bits per heavy atom. The van der Waals surface area contributed by atoms with Crippen LogP contribution in [0.5, 0.6) is 0 Å². The Bertz CT molecular complexity index is 410. The first-order valence-electron chi connectivity index (χ1n) is 4.15. The molecule has 2 aromatic heterocycles. The molecule has 0 saturated carbocycles. The summed E-state index contributed by atoms with van der Waals surface area (Å²) in [6.07, 6.45) is 3.62. The number of aryl methyl sites for hydroxylation is 2. The van der Waals surface area contributed by atoms with Gasteiger partial charge >= 0.3 is 0 Å². The number of hydrogen-bond donors (Lipinski definition) is 0. The van der Waals surface area contributed by atoms with Crippen molar-refractivity contribution in [2.24, 2.45) is 24.3 Å². The Morgan fingerprint density at radius 1 is 0.929 bits per heavy atom. The van der Waals surface area contributed by atoms with E-state index in [9.17, 15) is 0 Å². The van der Waals surface area contributed by atoms with E-state index in [0.29, 0.717) is 11.6 Å². The summed E-state index contributed by atoms with van der Waals surface area (Å²) in [5.41, 5.74) is 0. The fourth-order valence-corrected chi connectivity index (χ4v) is 1.01. The van der Waals surface area contributed by atoms with Gasteiger partial charge in [0.15, 0.2) is 11.6 Å². The molecule has 2 heterocycles. The molecule has 0 spiro atoms. The maximum absolute atomic E-state index is 4.05. The molecule has 0 saturated heterocycles. The van der Waals surface area contributed by atoms with Crippen LogP contribution in [0.4, 0.5) is 11.6 Å². The van der Waals surface area contributed by atoms with Gasteiger partial charge < -0.3 is 0 Å². The van der Waals surface area contributed by atoms with Crippen molar-refractivity contribution in [2.45, 2.75) is 0 Å². The summed E-state index contributed by atoms with van der Waals surface area (Å²) in [6.45, 7) is 0. The Labute approximate surface area is 80.9 Å². The van der Waals surface area contributed by atoms with Crippen LogP contribution in [0, 0.1) is 0 Å². The average Bonchev–Trinajstić information content (AvgIpc) is 2.72. The fraction of sp³-hybridized carbons (Fsp3) is 0.250. The van der Waals surface area contributed by atoms with E-state index in [1.807, 2.05) is 26.5 Å². The second-order valence-electron chi connectivity index (χ2n) is 2.90. The van der Waals surface area contributed by atoms with Gasteiger partial charge in [-0.3, -0.25) is 9.36 Å². The van der Waals surface area contributed by atoms with Crippen molar-refractivity contribution in [3.8, 4) is 0 Å². The van der Waals surface area contributed by atoms with E-state index in [-0.39, 0.29) is 0 Å². The van der Waals surface area contributed by atoms with Crippen LogP contribution in [0.15, 0.2) is 34.8 Å². The summed E-state index contributed by atoms with van der Waals surface area (Å²) in [4.78, 5) is 0. The molecule has 0 aliphatic rings. The number of nitrogens with zero attached hydrogens (tertiary/aromatic N) is 6. The summed E-state index contributed by atoms with van der Waals surface area (Å²) in [5.74, 6) is 1.16. The molecule has 0 aliphatic carbocycles. The molecule has 0 unspecified atom stereocenters. The number of aromatic nitrogens is 4. The third-order valence-corrected chi connectivity index (χ3v) is 1.65. The number of hydrogen-bond acceptors (Lipinski definition) is 4. The fourth-order valence-electron chi connectivity index (χ4n) is 1.01. The SMILES string of the molecule is Cn1ccc(N=Nc2ccn(C)n2)n1. The van der Waals surface area contributed by atoms with Crippen LogP contribution in [-0.4, -0.2) is 19.6 Å². The quantitative estimate of drug-likeness (QED) is 0.675. The van der Waals surface area contributed by atoms with Gasteiger partial charge in [-0.1, -0.05) is 0 Å². The summed E-state index contributed by atoms with van der Waals surface area (Å²) in [6, 6.07) is 3.57. The van der Waals surface area contributed by atoms with Crippen LogP contribution in [0.3, 0.4) is 0 Å². The predicted octanol–water partition coefficient (Wildman–Crippen LogP) is 1.57. The van der Waals surface area contributed by atoms with Gasteiger partial charge in [0.25, 0.3) is 0 Å². The first-order chi connectivity index (χ1) is 6.74. The van der Waals surface area contributed by atoms with Gasteiger partial charge in [0.05, 0.1) is 0 Å². The highest BCUT2D eigenvalue weighted by Crippen LogP contribution is 2.12. The Hall–Kier alpha value is -1.98. The van der Waals surface area contributed by atoms with Crippen LogP contribution in [0.25, 0.3) is 0 Å². The van der Waals surface area contributed by atoms with Crippen molar-refractivity contribution in [3.05, 3.63) is 24.5 Å². The maximum atomic E-state index is 4.05. The summed E-state index contributed by atoms with van der Waals surface area (Å²) < 4.78 is 3.35. The highest BCUT2D eigenvalue weighted by molar-refractivity contribution is 5.27. The van der Waals surface area contributed by atoms with Crippen molar-refractivity contribution in [3.63, 3.8) is 0 Å². The Balaban J connectivity index is 2.14. The molecule has 0 N–H and O–H groups in total. The van der Waals surface area contributed by atoms with Crippen LogP contribution in [0.2, 0.25) is 0 Å². The zero-order chi connectivity index (χ0) is 9.97. The molecule has 0 atom stereocenters. The van der Waals surface area contributed by atoms with Crippen molar-refractivity contribution < 1.29 is 0 Å². The summed E-state index contributed by atoms with van der Waals surface area (Å²) in [7, 11) is 3.67. The molecule has 0 aromatic carbocycles. The lowest BCUT2D eigenvalue weighted by molar-refractivity contribution is 0.760. The second-order valence-corrected chi connectivity index (χ2v) is 2.90. The van der Waals surface area contributed by atoms with Crippen LogP contribution in [-0.2, 0) is 14.1 Å². The highest BCUT2D eigenvalue weighted by atomic mass is 15.3. The van der Waals surface area contributed by atoms with Crippen LogP contribution < -0.4 is 0 Å². The standard InChI is InChI=1S/C8H10N6/c1-13-5-3-7(11-13)9-10-8-4-6-14(2)12-8/h3-6H,1-2H3. The van der Waals surface area contributed by atoms with E-state index < -0.39 is 0 Å². The second kappa shape index (κ2) is 3.41. The number of azo groups is 1.